The largest absolute Gasteiger partial charge is 0.452 e. The number of rotatable bonds is 1. The van der Waals surface area contributed by atoms with Crippen molar-refractivity contribution < 1.29 is 13.1 Å². The summed E-state index contributed by atoms with van der Waals surface area (Å²) in [7, 11) is 0. The van der Waals surface area contributed by atoms with Crippen molar-refractivity contribution in [3.63, 3.8) is 0 Å². The van der Waals surface area contributed by atoms with E-state index < -0.39 is 6.98 Å². The second-order valence-corrected chi connectivity index (χ2v) is 4.48. The molecule has 4 aromatic rings. The number of hydrogen-bond acceptors (Lipinski definition) is 1. The standard InChI is InChI=1S/C16H13N2O/c1-17-9-10-18(11-17)14-7-4-6-13-12-5-2-3-8-15(12)19-16(13)14/h2-11H,1H3/q+1/i1D3. The van der Waals surface area contributed by atoms with Crippen molar-refractivity contribution >= 4 is 21.9 Å². The molecule has 2 aromatic heterocycles. The molecule has 0 aliphatic rings. The Balaban J connectivity index is 1.97. The van der Waals surface area contributed by atoms with Crippen molar-refractivity contribution in [2.75, 3.05) is 0 Å². The highest BCUT2D eigenvalue weighted by Crippen LogP contribution is 2.32. The summed E-state index contributed by atoms with van der Waals surface area (Å²) in [6, 6.07) is 13.7. The van der Waals surface area contributed by atoms with Crippen LogP contribution in [0.1, 0.15) is 4.11 Å². The molecule has 19 heavy (non-hydrogen) atoms. The van der Waals surface area contributed by atoms with Gasteiger partial charge in [0.1, 0.15) is 18.0 Å². The summed E-state index contributed by atoms with van der Waals surface area (Å²) in [4.78, 5) is 0. The van der Waals surface area contributed by atoms with Crippen LogP contribution >= 0.6 is 0 Å². The van der Waals surface area contributed by atoms with E-state index in [1.807, 2.05) is 42.5 Å². The summed E-state index contributed by atoms with van der Waals surface area (Å²) in [5, 5.41) is 2.07. The Labute approximate surface area is 114 Å². The molecule has 0 amide bonds. The Kier molecular flexibility index (Phi) is 1.53. The number of hydrogen-bond donors (Lipinski definition) is 0. The van der Waals surface area contributed by atoms with E-state index in [1.165, 1.54) is 10.8 Å². The Hall–Kier alpha value is -2.55. The van der Waals surface area contributed by atoms with Crippen LogP contribution in [0.4, 0.5) is 0 Å². The number of para-hydroxylation sites is 2. The number of aryl methyl sites for hydroxylation is 1. The summed E-state index contributed by atoms with van der Waals surface area (Å²) < 4.78 is 31.3. The first kappa shape index (κ1) is 7.79. The molecule has 0 aliphatic carbocycles. The molecular formula is C16H13N2O+. The van der Waals surface area contributed by atoms with Gasteiger partial charge in [-0.25, -0.2) is 4.57 Å². The maximum Gasteiger partial charge on any atom is 0.248 e. The number of benzene rings is 2. The molecule has 0 atom stereocenters. The predicted molar refractivity (Wildman–Crippen MR) is 74.2 cm³/mol. The van der Waals surface area contributed by atoms with Crippen LogP contribution in [0.15, 0.2) is 65.6 Å². The summed E-state index contributed by atoms with van der Waals surface area (Å²) in [6.45, 7) is -2.19. The van der Waals surface area contributed by atoms with E-state index in [4.69, 9.17) is 8.53 Å². The first-order valence-electron chi connectivity index (χ1n) is 7.54. The molecule has 0 bridgehead atoms. The van der Waals surface area contributed by atoms with Gasteiger partial charge in [0.15, 0.2) is 11.3 Å². The first-order chi connectivity index (χ1) is 10.5. The minimum Gasteiger partial charge on any atom is -0.452 e. The average molecular weight is 252 g/mol. The molecule has 2 heterocycles. The maximum absolute atomic E-state index is 7.46. The molecule has 0 saturated heterocycles. The zero-order valence-electron chi connectivity index (χ0n) is 13.1. The van der Waals surface area contributed by atoms with Crippen LogP contribution in [0, 0.1) is 0 Å². The third-order valence-electron chi connectivity index (χ3n) is 3.30. The fourth-order valence-electron chi connectivity index (χ4n) is 2.43. The van der Waals surface area contributed by atoms with Gasteiger partial charge in [-0.05, 0) is 12.1 Å². The van der Waals surface area contributed by atoms with Crippen LogP contribution in [-0.4, -0.2) is 4.57 Å². The molecule has 0 unspecified atom stereocenters. The summed E-state index contributed by atoms with van der Waals surface area (Å²) in [5.41, 5.74) is 2.38. The van der Waals surface area contributed by atoms with Crippen molar-refractivity contribution in [2.45, 2.75) is 0 Å². The number of imidazole rings is 1. The molecular weight excluding hydrogens is 236 g/mol. The van der Waals surface area contributed by atoms with Crippen LogP contribution in [0.25, 0.3) is 27.6 Å². The molecule has 0 fully saturated rings. The monoisotopic (exact) mass is 252 g/mol. The van der Waals surface area contributed by atoms with Gasteiger partial charge in [0.2, 0.25) is 6.33 Å². The second-order valence-electron chi connectivity index (χ2n) is 4.48. The summed E-state index contributed by atoms with van der Waals surface area (Å²) in [6.07, 6.45) is 4.80. The molecule has 0 radical (unpaired) electrons. The molecule has 0 saturated carbocycles. The molecule has 3 nitrogen and oxygen atoms in total. The van der Waals surface area contributed by atoms with E-state index in [0.29, 0.717) is 0 Å². The lowest BCUT2D eigenvalue weighted by Gasteiger charge is -1.96. The Morgan fingerprint density at radius 3 is 2.89 bits per heavy atom. The molecule has 4 rings (SSSR count). The Morgan fingerprint density at radius 2 is 2.00 bits per heavy atom. The highest BCUT2D eigenvalue weighted by molar-refractivity contribution is 6.07. The lowest BCUT2D eigenvalue weighted by Crippen LogP contribution is -2.23. The molecule has 2 aromatic carbocycles. The van der Waals surface area contributed by atoms with Crippen molar-refractivity contribution in [3.05, 3.63) is 61.2 Å². The van der Waals surface area contributed by atoms with E-state index in [0.717, 1.165) is 27.6 Å². The normalized spacial score (nSPS) is 14.4. The Morgan fingerprint density at radius 1 is 1.11 bits per heavy atom. The van der Waals surface area contributed by atoms with E-state index in [2.05, 4.69) is 0 Å². The SMILES string of the molecule is [2H]C([2H])([2H])[n+]1ccn(-c2cccc3c2oc2ccccc23)c1. The van der Waals surface area contributed by atoms with Gasteiger partial charge in [0.25, 0.3) is 0 Å². The fraction of sp³-hybridized carbons (Fsp3) is 0.0625. The van der Waals surface area contributed by atoms with Crippen LogP contribution < -0.4 is 4.57 Å². The fourth-order valence-corrected chi connectivity index (χ4v) is 2.43. The van der Waals surface area contributed by atoms with Gasteiger partial charge >= 0.3 is 0 Å². The summed E-state index contributed by atoms with van der Waals surface area (Å²) >= 11 is 0. The lowest BCUT2D eigenvalue weighted by atomic mass is 10.1. The number of fused-ring (bicyclic) bond motifs is 3. The lowest BCUT2D eigenvalue weighted by molar-refractivity contribution is -0.670. The van der Waals surface area contributed by atoms with Gasteiger partial charge in [-0.3, -0.25) is 0 Å². The van der Waals surface area contributed by atoms with E-state index >= 15 is 0 Å². The van der Waals surface area contributed by atoms with Gasteiger partial charge in [-0.2, -0.15) is 4.57 Å². The van der Waals surface area contributed by atoms with Crippen molar-refractivity contribution in [3.8, 4) is 5.69 Å². The Bertz CT molecular complexity index is 982. The maximum atomic E-state index is 7.46. The van der Waals surface area contributed by atoms with Crippen LogP contribution in [-0.2, 0) is 6.98 Å². The first-order valence-corrected chi connectivity index (χ1v) is 6.04. The molecule has 0 spiro atoms. The number of aromatic nitrogens is 2. The molecule has 0 N–H and O–H groups in total. The highest BCUT2D eigenvalue weighted by atomic mass is 16.3. The summed E-state index contributed by atoms with van der Waals surface area (Å²) in [5.74, 6) is 0. The zero-order valence-corrected chi connectivity index (χ0v) is 10.1. The number of furan rings is 1. The zero-order chi connectivity index (χ0) is 15.3. The minimum atomic E-state index is -2.19. The van der Waals surface area contributed by atoms with Crippen molar-refractivity contribution in [2.24, 2.45) is 6.98 Å². The second kappa shape index (κ2) is 3.72. The quantitative estimate of drug-likeness (QED) is 0.477. The van der Waals surface area contributed by atoms with Crippen molar-refractivity contribution in [1.29, 1.82) is 0 Å². The van der Waals surface area contributed by atoms with Gasteiger partial charge in [-0.15, -0.1) is 0 Å². The topological polar surface area (TPSA) is 21.9 Å². The van der Waals surface area contributed by atoms with Gasteiger partial charge in [0.05, 0.1) is 11.1 Å². The highest BCUT2D eigenvalue weighted by Gasteiger charge is 2.14. The van der Waals surface area contributed by atoms with Crippen LogP contribution in [0.5, 0.6) is 0 Å². The number of nitrogens with zero attached hydrogens (tertiary/aromatic N) is 2. The minimum absolute atomic E-state index is 0.747. The van der Waals surface area contributed by atoms with E-state index in [9.17, 15) is 0 Å². The van der Waals surface area contributed by atoms with Crippen molar-refractivity contribution in [1.82, 2.24) is 4.57 Å². The third kappa shape index (κ3) is 1.48. The van der Waals surface area contributed by atoms with Gasteiger partial charge in [-0.1, -0.05) is 30.3 Å². The van der Waals surface area contributed by atoms with Gasteiger partial charge < -0.3 is 4.42 Å². The van der Waals surface area contributed by atoms with Crippen LogP contribution in [0.2, 0.25) is 0 Å². The third-order valence-corrected chi connectivity index (χ3v) is 3.30. The van der Waals surface area contributed by atoms with Gasteiger partial charge in [0, 0.05) is 10.8 Å². The predicted octanol–water partition coefficient (Wildman–Crippen LogP) is 3.20. The molecule has 0 aliphatic heterocycles. The van der Waals surface area contributed by atoms with E-state index in [1.54, 1.807) is 17.1 Å². The molecule has 3 heteroatoms. The average Bonchev–Trinajstić information content (AvgIpc) is 3.11. The molecule has 92 valence electrons. The van der Waals surface area contributed by atoms with E-state index in [-0.39, 0.29) is 0 Å². The smallest absolute Gasteiger partial charge is 0.248 e. The van der Waals surface area contributed by atoms with Crippen LogP contribution in [0.3, 0.4) is 0 Å².